The molecule has 0 aliphatic rings. The summed E-state index contributed by atoms with van der Waals surface area (Å²) in [4.78, 5) is 11.3. The predicted octanol–water partition coefficient (Wildman–Crippen LogP) is 7.51. The van der Waals surface area contributed by atoms with E-state index in [1.807, 2.05) is 0 Å². The van der Waals surface area contributed by atoms with Gasteiger partial charge in [0.25, 0.3) is 0 Å². The molecule has 168 valence electrons. The lowest BCUT2D eigenvalue weighted by atomic mass is 9.93. The molecule has 0 radical (unpaired) electrons. The number of benzene rings is 3. The molecule has 3 aromatic carbocycles. The number of alkyl halides is 1. The fourth-order valence-corrected chi connectivity index (χ4v) is 4.68. The van der Waals surface area contributed by atoms with Gasteiger partial charge in [-0.1, -0.05) is 18.2 Å². The normalized spacial score (nSPS) is 11.9. The van der Waals surface area contributed by atoms with E-state index in [1.54, 1.807) is 36.4 Å². The van der Waals surface area contributed by atoms with Crippen molar-refractivity contribution in [1.29, 1.82) is 0 Å². The number of fused-ring (bicyclic) bond motifs is 1. The summed E-state index contributed by atoms with van der Waals surface area (Å²) in [5, 5.41) is 19.4. The van der Waals surface area contributed by atoms with Crippen LogP contribution in [0.25, 0.3) is 26.6 Å². The van der Waals surface area contributed by atoms with Crippen molar-refractivity contribution in [2.24, 2.45) is 0 Å². The van der Waals surface area contributed by atoms with E-state index in [1.165, 1.54) is 55.5 Å². The van der Waals surface area contributed by atoms with Crippen LogP contribution in [0.1, 0.15) is 25.0 Å². The van der Waals surface area contributed by atoms with Gasteiger partial charge in [-0.15, -0.1) is 11.3 Å². The smallest absolute Gasteiger partial charge is 0.328 e. The van der Waals surface area contributed by atoms with Crippen LogP contribution in [0.15, 0.2) is 66.7 Å². The second-order valence-electron chi connectivity index (χ2n) is 7.95. The highest BCUT2D eigenvalue weighted by atomic mass is 32.1. The maximum absolute atomic E-state index is 15.0. The van der Waals surface area contributed by atoms with Gasteiger partial charge < -0.3 is 14.9 Å². The van der Waals surface area contributed by atoms with Crippen molar-refractivity contribution in [3.8, 4) is 27.7 Å². The number of carboxylic acid groups (broad SMARTS) is 1. The number of carbonyl (C=O) groups is 1. The molecule has 0 amide bonds. The molecule has 0 bridgehead atoms. The van der Waals surface area contributed by atoms with Crippen molar-refractivity contribution in [2.45, 2.75) is 19.5 Å². The van der Waals surface area contributed by atoms with Crippen molar-refractivity contribution in [1.82, 2.24) is 0 Å². The Labute approximate surface area is 193 Å². The molecule has 0 aliphatic heterocycles. The van der Waals surface area contributed by atoms with Crippen molar-refractivity contribution in [3.05, 3.63) is 83.7 Å². The summed E-state index contributed by atoms with van der Waals surface area (Å²) in [7, 11) is 0. The topological polar surface area (TPSA) is 66.8 Å². The van der Waals surface area contributed by atoms with E-state index in [4.69, 9.17) is 9.84 Å². The zero-order valence-electron chi connectivity index (χ0n) is 17.8. The SMILES string of the molecule is CC(C)(F)c1cc(F)ccc1-c1sc2cc(O)ccc2c1Oc1ccc(/C=C/C(=O)O)cc1. The number of phenolic OH excluding ortho intramolecular Hbond substituents is 1. The molecule has 2 N–H and O–H groups in total. The summed E-state index contributed by atoms with van der Waals surface area (Å²) >= 11 is 1.31. The van der Waals surface area contributed by atoms with E-state index in [-0.39, 0.29) is 11.3 Å². The molecule has 4 nitrogen and oxygen atoms in total. The molecule has 7 heteroatoms. The highest BCUT2D eigenvalue weighted by Crippen LogP contribution is 2.49. The van der Waals surface area contributed by atoms with Gasteiger partial charge in [-0.05, 0) is 68.0 Å². The number of thiophene rings is 1. The zero-order valence-corrected chi connectivity index (χ0v) is 18.6. The monoisotopic (exact) mass is 466 g/mol. The molecule has 0 aliphatic carbocycles. The van der Waals surface area contributed by atoms with Crippen LogP contribution in [0.5, 0.6) is 17.2 Å². The van der Waals surface area contributed by atoms with Crippen LogP contribution < -0.4 is 4.74 Å². The number of hydrogen-bond donors (Lipinski definition) is 2. The molecule has 0 saturated heterocycles. The third-order valence-electron chi connectivity index (χ3n) is 5.01. The second-order valence-corrected chi connectivity index (χ2v) is 9.00. The van der Waals surface area contributed by atoms with Gasteiger partial charge in [0.1, 0.15) is 23.0 Å². The van der Waals surface area contributed by atoms with Gasteiger partial charge in [0.2, 0.25) is 0 Å². The minimum Gasteiger partial charge on any atom is -0.508 e. The summed E-state index contributed by atoms with van der Waals surface area (Å²) in [5.74, 6) is -0.549. The van der Waals surface area contributed by atoms with Gasteiger partial charge in [-0.3, -0.25) is 0 Å². The average Bonchev–Trinajstić information content (AvgIpc) is 3.09. The third kappa shape index (κ3) is 4.88. The van der Waals surface area contributed by atoms with Crippen molar-refractivity contribution < 1.29 is 28.5 Å². The number of phenols is 1. The van der Waals surface area contributed by atoms with Crippen LogP contribution in [-0.2, 0) is 10.5 Å². The highest BCUT2D eigenvalue weighted by Gasteiger charge is 2.27. The van der Waals surface area contributed by atoms with E-state index in [2.05, 4.69) is 0 Å². The minimum atomic E-state index is -1.80. The summed E-state index contributed by atoms with van der Waals surface area (Å²) < 4.78 is 35.9. The molecule has 0 atom stereocenters. The second kappa shape index (κ2) is 8.67. The van der Waals surface area contributed by atoms with Gasteiger partial charge in [0.05, 0.1) is 4.88 Å². The molecule has 4 aromatic rings. The fraction of sp³-hybridized carbons (Fsp3) is 0.115. The minimum absolute atomic E-state index is 0.0848. The Hall–Kier alpha value is -3.71. The lowest BCUT2D eigenvalue weighted by Gasteiger charge is -2.19. The van der Waals surface area contributed by atoms with Crippen molar-refractivity contribution in [2.75, 3.05) is 0 Å². The van der Waals surface area contributed by atoms with E-state index in [9.17, 15) is 14.3 Å². The van der Waals surface area contributed by atoms with E-state index in [0.29, 0.717) is 27.5 Å². The number of carboxylic acids is 1. The zero-order chi connectivity index (χ0) is 23.8. The van der Waals surface area contributed by atoms with Crippen LogP contribution in [0, 0.1) is 5.82 Å². The van der Waals surface area contributed by atoms with Crippen LogP contribution in [0.3, 0.4) is 0 Å². The first-order valence-corrected chi connectivity index (χ1v) is 10.9. The van der Waals surface area contributed by atoms with Gasteiger partial charge >= 0.3 is 5.97 Å². The van der Waals surface area contributed by atoms with Crippen molar-refractivity contribution >= 4 is 33.5 Å². The molecule has 1 aromatic heterocycles. The molecule has 4 rings (SSSR count). The number of rotatable bonds is 6. The van der Waals surface area contributed by atoms with Crippen molar-refractivity contribution in [3.63, 3.8) is 0 Å². The van der Waals surface area contributed by atoms with Crippen LogP contribution >= 0.6 is 11.3 Å². The van der Waals surface area contributed by atoms with E-state index >= 15 is 4.39 Å². The molecular weight excluding hydrogens is 446 g/mol. The maximum atomic E-state index is 15.0. The Balaban J connectivity index is 1.84. The first-order valence-electron chi connectivity index (χ1n) is 10.1. The summed E-state index contributed by atoms with van der Waals surface area (Å²) in [6, 6.07) is 15.7. The summed E-state index contributed by atoms with van der Waals surface area (Å²) in [6.07, 6.45) is 2.51. The highest BCUT2D eigenvalue weighted by molar-refractivity contribution is 7.22. The Morgan fingerprint density at radius 3 is 2.45 bits per heavy atom. The molecule has 33 heavy (non-hydrogen) atoms. The number of aliphatic carboxylic acids is 1. The first-order chi connectivity index (χ1) is 15.6. The lowest BCUT2D eigenvalue weighted by Crippen LogP contribution is -2.11. The van der Waals surface area contributed by atoms with E-state index in [0.717, 1.165) is 16.2 Å². The van der Waals surface area contributed by atoms with E-state index < -0.39 is 17.5 Å². The Kier molecular flexibility index (Phi) is 5.91. The van der Waals surface area contributed by atoms with Gasteiger partial charge in [0, 0.05) is 27.3 Å². The van der Waals surface area contributed by atoms with Gasteiger partial charge in [-0.25, -0.2) is 13.6 Å². The number of halogens is 2. The maximum Gasteiger partial charge on any atom is 0.328 e. The number of aromatic hydroxyl groups is 1. The lowest BCUT2D eigenvalue weighted by molar-refractivity contribution is -0.131. The Morgan fingerprint density at radius 2 is 1.79 bits per heavy atom. The summed E-state index contributed by atoms with van der Waals surface area (Å²) in [6.45, 7) is 2.74. The number of hydrogen-bond acceptors (Lipinski definition) is 4. The molecular formula is C26H20F2O4S. The first kappa shape index (κ1) is 22.5. The number of ether oxygens (including phenoxy) is 1. The van der Waals surface area contributed by atoms with Gasteiger partial charge in [-0.2, -0.15) is 0 Å². The molecule has 0 fully saturated rings. The van der Waals surface area contributed by atoms with Crippen LogP contribution in [0.2, 0.25) is 0 Å². The standard InChI is InChI=1S/C26H20F2O4S/c1-26(2,28)21-13-16(27)6-10-19(21)25-24(20-11-7-17(29)14-22(20)33-25)32-18-8-3-15(4-9-18)5-12-23(30)31/h3-14,29H,1-2H3,(H,30,31)/b12-5+. The van der Waals surface area contributed by atoms with Crippen LogP contribution in [-0.4, -0.2) is 16.2 Å². The fourth-order valence-electron chi connectivity index (χ4n) is 3.48. The average molecular weight is 467 g/mol. The van der Waals surface area contributed by atoms with Gasteiger partial charge in [0.15, 0.2) is 5.75 Å². The molecule has 1 heterocycles. The summed E-state index contributed by atoms with van der Waals surface area (Å²) in [5.41, 5.74) is -0.423. The predicted molar refractivity (Wildman–Crippen MR) is 126 cm³/mol. The quantitative estimate of drug-likeness (QED) is 0.289. The van der Waals surface area contributed by atoms with Crippen LogP contribution in [0.4, 0.5) is 8.78 Å². The molecule has 0 saturated carbocycles. The Bertz CT molecular complexity index is 1370. The largest absolute Gasteiger partial charge is 0.508 e. The third-order valence-corrected chi connectivity index (χ3v) is 6.18. The Morgan fingerprint density at radius 1 is 1.06 bits per heavy atom. The molecule has 0 unspecified atom stereocenters. The molecule has 0 spiro atoms.